The predicted octanol–water partition coefficient (Wildman–Crippen LogP) is 2.33. The molecule has 5 heterocycles. The van der Waals surface area contributed by atoms with Crippen LogP contribution in [0.25, 0.3) is 27.8 Å². The van der Waals surface area contributed by atoms with Gasteiger partial charge in [-0.05, 0) is 24.1 Å². The summed E-state index contributed by atoms with van der Waals surface area (Å²) in [5, 5.41) is 28.4. The molecule has 1 fully saturated rings. The van der Waals surface area contributed by atoms with Crippen LogP contribution in [0.2, 0.25) is 0 Å². The summed E-state index contributed by atoms with van der Waals surface area (Å²) in [6.45, 7) is 6.06. The molecular formula is C26H28N8O2. The van der Waals surface area contributed by atoms with Crippen molar-refractivity contribution >= 4 is 17.2 Å². The molecule has 0 aromatic carbocycles. The normalized spacial score (nSPS) is 14.9. The highest BCUT2D eigenvalue weighted by atomic mass is 16.3. The number of hydrogen-bond donors (Lipinski definition) is 1. The van der Waals surface area contributed by atoms with E-state index < -0.39 is 6.10 Å². The zero-order valence-corrected chi connectivity index (χ0v) is 20.5. The van der Waals surface area contributed by atoms with Crippen molar-refractivity contribution in [3.8, 4) is 28.3 Å². The van der Waals surface area contributed by atoms with Crippen LogP contribution in [-0.2, 0) is 11.8 Å². The first-order valence-electron chi connectivity index (χ1n) is 11.9. The van der Waals surface area contributed by atoms with E-state index in [-0.39, 0.29) is 11.8 Å². The Morgan fingerprint density at radius 1 is 1.03 bits per heavy atom. The summed E-state index contributed by atoms with van der Waals surface area (Å²) < 4.78 is 3.47. The minimum atomic E-state index is -0.963. The second-order valence-electron chi connectivity index (χ2n) is 9.41. The van der Waals surface area contributed by atoms with Crippen LogP contribution in [0, 0.1) is 17.2 Å². The van der Waals surface area contributed by atoms with Gasteiger partial charge in [-0.3, -0.25) is 9.48 Å². The molecule has 0 unspecified atom stereocenters. The van der Waals surface area contributed by atoms with Gasteiger partial charge >= 0.3 is 0 Å². The van der Waals surface area contributed by atoms with Crippen LogP contribution in [0.4, 0.5) is 5.82 Å². The highest BCUT2D eigenvalue weighted by Gasteiger charge is 2.28. The molecule has 0 saturated carbocycles. The fraction of sp³-hybridized carbons (Fsp3) is 0.346. The maximum Gasteiger partial charge on any atom is 0.251 e. The number of amides is 1. The van der Waals surface area contributed by atoms with Crippen molar-refractivity contribution in [2.45, 2.75) is 20.0 Å². The van der Waals surface area contributed by atoms with E-state index in [0.717, 1.165) is 33.6 Å². The number of nitrogens with zero attached hydrogens (tertiary/aromatic N) is 8. The summed E-state index contributed by atoms with van der Waals surface area (Å²) in [5.41, 5.74) is 4.86. The monoisotopic (exact) mass is 484 g/mol. The molecule has 1 aliphatic rings. The van der Waals surface area contributed by atoms with E-state index in [0.29, 0.717) is 31.7 Å². The summed E-state index contributed by atoms with van der Waals surface area (Å²) in [4.78, 5) is 21.0. The fourth-order valence-electron chi connectivity index (χ4n) is 4.51. The predicted molar refractivity (Wildman–Crippen MR) is 135 cm³/mol. The number of aliphatic hydroxyl groups excluding tert-OH is 1. The molecule has 1 amide bonds. The first-order chi connectivity index (χ1) is 17.4. The zero-order chi connectivity index (χ0) is 25.4. The molecule has 10 nitrogen and oxygen atoms in total. The van der Waals surface area contributed by atoms with Crippen molar-refractivity contribution in [2.24, 2.45) is 13.0 Å². The van der Waals surface area contributed by atoms with Crippen LogP contribution in [0.15, 0.2) is 49.2 Å². The molecular weight excluding hydrogens is 456 g/mol. The number of aryl methyl sites for hydroxylation is 1. The van der Waals surface area contributed by atoms with Crippen LogP contribution >= 0.6 is 0 Å². The highest BCUT2D eigenvalue weighted by molar-refractivity contribution is 5.87. The molecule has 1 saturated heterocycles. The van der Waals surface area contributed by atoms with Gasteiger partial charge in [-0.15, -0.1) is 0 Å². The second kappa shape index (κ2) is 9.43. The fourth-order valence-corrected chi connectivity index (χ4v) is 4.51. The molecule has 1 N–H and O–H groups in total. The molecule has 1 atom stereocenters. The van der Waals surface area contributed by atoms with Gasteiger partial charge < -0.3 is 14.9 Å². The van der Waals surface area contributed by atoms with Gasteiger partial charge in [0.05, 0.1) is 23.5 Å². The van der Waals surface area contributed by atoms with Crippen LogP contribution in [0.3, 0.4) is 0 Å². The van der Waals surface area contributed by atoms with E-state index in [1.807, 2.05) is 57.7 Å². The van der Waals surface area contributed by atoms with Crippen molar-refractivity contribution < 1.29 is 9.90 Å². The van der Waals surface area contributed by atoms with Crippen LogP contribution in [-0.4, -0.2) is 72.6 Å². The van der Waals surface area contributed by atoms with Crippen LogP contribution in [0.1, 0.15) is 19.4 Å². The lowest BCUT2D eigenvalue weighted by molar-refractivity contribution is -0.142. The maximum atomic E-state index is 12.5. The van der Waals surface area contributed by atoms with E-state index in [9.17, 15) is 15.2 Å². The van der Waals surface area contributed by atoms with E-state index in [1.165, 1.54) is 0 Å². The minimum absolute atomic E-state index is 0.106. The van der Waals surface area contributed by atoms with Gasteiger partial charge in [0.25, 0.3) is 5.91 Å². The number of rotatable bonds is 5. The summed E-state index contributed by atoms with van der Waals surface area (Å²) in [7, 11) is 1.87. The lowest BCUT2D eigenvalue weighted by Crippen LogP contribution is -2.52. The summed E-state index contributed by atoms with van der Waals surface area (Å²) in [6.07, 6.45) is 8.05. The Balaban J connectivity index is 1.41. The largest absolute Gasteiger partial charge is 0.383 e. The Morgan fingerprint density at radius 3 is 2.42 bits per heavy atom. The molecule has 184 valence electrons. The number of fused-ring (bicyclic) bond motifs is 1. The number of carbonyl (C=O) groups is 1. The number of pyridine rings is 2. The van der Waals surface area contributed by atoms with Gasteiger partial charge in [-0.2, -0.15) is 15.5 Å². The number of nitriles is 1. The molecule has 0 radical (unpaired) electrons. The van der Waals surface area contributed by atoms with Crippen molar-refractivity contribution in [3.63, 3.8) is 0 Å². The maximum absolute atomic E-state index is 12.5. The molecule has 0 aliphatic carbocycles. The average Bonchev–Trinajstić information content (AvgIpc) is 3.53. The Bertz CT molecular complexity index is 1440. The average molecular weight is 485 g/mol. The van der Waals surface area contributed by atoms with E-state index in [2.05, 4.69) is 21.2 Å². The number of aliphatic hydroxyl groups is 1. The van der Waals surface area contributed by atoms with Crippen molar-refractivity contribution in [1.29, 1.82) is 5.26 Å². The number of carbonyl (C=O) groups excluding carboxylic acids is 1. The van der Waals surface area contributed by atoms with E-state index in [4.69, 9.17) is 4.98 Å². The van der Waals surface area contributed by atoms with Crippen molar-refractivity contribution in [1.82, 2.24) is 29.3 Å². The molecule has 0 bridgehead atoms. The Labute approximate surface area is 209 Å². The third-order valence-electron chi connectivity index (χ3n) is 6.63. The molecule has 10 heteroatoms. The number of anilines is 1. The quantitative estimate of drug-likeness (QED) is 0.462. The molecule has 4 aromatic rings. The Hall–Kier alpha value is -4.23. The van der Waals surface area contributed by atoms with Gasteiger partial charge in [-0.1, -0.05) is 13.8 Å². The SMILES string of the molecule is CC(C)[C@@H](O)C(=O)N1CCN(c2ccc(-c3cc(-c4cnn(C)c4)cn4ncc(C#N)c34)cn2)CC1. The topological polar surface area (TPSA) is 116 Å². The number of piperazine rings is 1. The van der Waals surface area contributed by atoms with Gasteiger partial charge in [0.2, 0.25) is 0 Å². The third-order valence-corrected chi connectivity index (χ3v) is 6.63. The van der Waals surface area contributed by atoms with Crippen LogP contribution in [0.5, 0.6) is 0 Å². The third kappa shape index (κ3) is 4.29. The van der Waals surface area contributed by atoms with Gasteiger partial charge in [0.1, 0.15) is 18.0 Å². The summed E-state index contributed by atoms with van der Waals surface area (Å²) >= 11 is 0. The van der Waals surface area contributed by atoms with Gasteiger partial charge in [0, 0.05) is 74.1 Å². The summed E-state index contributed by atoms with van der Waals surface area (Å²) in [5.74, 6) is 0.508. The molecule has 4 aromatic heterocycles. The lowest BCUT2D eigenvalue weighted by Gasteiger charge is -2.36. The van der Waals surface area contributed by atoms with E-state index in [1.54, 1.807) is 26.5 Å². The highest BCUT2D eigenvalue weighted by Crippen LogP contribution is 2.32. The minimum Gasteiger partial charge on any atom is -0.383 e. The second-order valence-corrected chi connectivity index (χ2v) is 9.41. The first kappa shape index (κ1) is 23.5. The molecule has 0 spiro atoms. The Morgan fingerprint density at radius 2 is 1.81 bits per heavy atom. The smallest absolute Gasteiger partial charge is 0.251 e. The molecule has 1 aliphatic heterocycles. The van der Waals surface area contributed by atoms with Crippen LogP contribution < -0.4 is 4.90 Å². The number of hydrogen-bond acceptors (Lipinski definition) is 7. The van der Waals surface area contributed by atoms with Gasteiger partial charge in [0.15, 0.2) is 0 Å². The standard InChI is InChI=1S/C26H28N8O2/c1-17(2)25(35)26(36)33-8-6-32(7-9-33)23-5-4-18(12-28-23)22-10-19(21-14-29-31(3)15-21)16-34-24(22)20(11-27)13-30-34/h4-5,10,12-17,25,35H,6-9H2,1-3H3/t25-/m1/s1. The zero-order valence-electron chi connectivity index (χ0n) is 20.5. The van der Waals surface area contributed by atoms with Crippen molar-refractivity contribution in [3.05, 3.63) is 54.7 Å². The summed E-state index contributed by atoms with van der Waals surface area (Å²) in [6, 6.07) is 8.24. The van der Waals surface area contributed by atoms with Gasteiger partial charge in [-0.25, -0.2) is 9.50 Å². The van der Waals surface area contributed by atoms with Crippen molar-refractivity contribution in [2.75, 3.05) is 31.1 Å². The lowest BCUT2D eigenvalue weighted by atomic mass is 10.0. The first-order valence-corrected chi connectivity index (χ1v) is 11.9. The molecule has 36 heavy (non-hydrogen) atoms. The molecule has 5 rings (SSSR count). The van der Waals surface area contributed by atoms with E-state index >= 15 is 0 Å². The Kier molecular flexibility index (Phi) is 6.16. The number of aromatic nitrogens is 5.